The largest absolute Gasteiger partial charge is 0.372 e. The van der Waals surface area contributed by atoms with Crippen molar-refractivity contribution in [2.75, 3.05) is 13.2 Å². The average molecular weight is 267 g/mol. The lowest BCUT2D eigenvalue weighted by molar-refractivity contribution is 0.0423. The molecule has 0 aliphatic carbocycles. The molecular formula is C18H21NO. The summed E-state index contributed by atoms with van der Waals surface area (Å²) >= 11 is 0. The van der Waals surface area contributed by atoms with Crippen LogP contribution in [0.25, 0.3) is 0 Å². The highest BCUT2D eigenvalue weighted by atomic mass is 16.5. The van der Waals surface area contributed by atoms with Crippen LogP contribution in [0.2, 0.25) is 0 Å². The van der Waals surface area contributed by atoms with E-state index in [4.69, 9.17) is 4.74 Å². The Hall–Kier alpha value is -1.64. The van der Waals surface area contributed by atoms with E-state index in [9.17, 15) is 0 Å². The van der Waals surface area contributed by atoms with Crippen molar-refractivity contribution in [1.29, 1.82) is 0 Å². The van der Waals surface area contributed by atoms with Crippen LogP contribution in [0.3, 0.4) is 0 Å². The topological polar surface area (TPSA) is 21.3 Å². The Labute approximate surface area is 120 Å². The van der Waals surface area contributed by atoms with Crippen LogP contribution < -0.4 is 5.32 Å². The summed E-state index contributed by atoms with van der Waals surface area (Å²) < 4.78 is 5.91. The summed E-state index contributed by atoms with van der Waals surface area (Å²) in [6, 6.07) is 17.1. The lowest BCUT2D eigenvalue weighted by atomic mass is 9.97. The molecule has 2 aromatic carbocycles. The first-order valence-electron chi connectivity index (χ1n) is 7.29. The van der Waals surface area contributed by atoms with Crippen LogP contribution in [-0.4, -0.2) is 13.2 Å². The van der Waals surface area contributed by atoms with Crippen LogP contribution in [0, 0.1) is 6.92 Å². The number of ether oxygens (including phenoxy) is 1. The third-order valence-corrected chi connectivity index (χ3v) is 4.00. The fourth-order valence-electron chi connectivity index (χ4n) is 2.79. The van der Waals surface area contributed by atoms with E-state index in [1.54, 1.807) is 0 Å². The maximum atomic E-state index is 5.91. The second-order valence-electron chi connectivity index (χ2n) is 5.37. The fraction of sp³-hybridized carbons (Fsp3) is 0.333. The summed E-state index contributed by atoms with van der Waals surface area (Å²) in [5.41, 5.74) is 5.47. The first-order chi connectivity index (χ1) is 9.84. The summed E-state index contributed by atoms with van der Waals surface area (Å²) in [5, 5.41) is 3.53. The van der Waals surface area contributed by atoms with Gasteiger partial charge in [0.1, 0.15) is 0 Å². The highest BCUT2D eigenvalue weighted by molar-refractivity contribution is 5.31. The SMILES string of the molecule is Cc1ccccc1CNCC1OCCc2ccccc21. The van der Waals surface area contributed by atoms with E-state index >= 15 is 0 Å². The Bertz CT molecular complexity index is 579. The number of hydrogen-bond donors (Lipinski definition) is 1. The Kier molecular flexibility index (Phi) is 4.14. The highest BCUT2D eigenvalue weighted by Gasteiger charge is 2.19. The predicted octanol–water partition coefficient (Wildman–Crippen LogP) is 3.40. The molecular weight excluding hydrogens is 246 g/mol. The van der Waals surface area contributed by atoms with Gasteiger partial charge in [-0.3, -0.25) is 0 Å². The molecule has 1 heterocycles. The van der Waals surface area contributed by atoms with E-state index in [1.807, 2.05) is 0 Å². The second kappa shape index (κ2) is 6.21. The number of benzene rings is 2. The molecule has 0 fully saturated rings. The van der Waals surface area contributed by atoms with E-state index < -0.39 is 0 Å². The van der Waals surface area contributed by atoms with Gasteiger partial charge in [0.25, 0.3) is 0 Å². The van der Waals surface area contributed by atoms with Crippen molar-refractivity contribution in [2.24, 2.45) is 0 Å². The van der Waals surface area contributed by atoms with Crippen LogP contribution in [0.1, 0.15) is 28.4 Å². The van der Waals surface area contributed by atoms with Crippen molar-refractivity contribution >= 4 is 0 Å². The molecule has 0 saturated carbocycles. The van der Waals surface area contributed by atoms with Gasteiger partial charge >= 0.3 is 0 Å². The number of aryl methyl sites for hydroxylation is 1. The molecule has 2 heteroatoms. The quantitative estimate of drug-likeness (QED) is 0.916. The van der Waals surface area contributed by atoms with E-state index in [0.717, 1.165) is 26.1 Å². The predicted molar refractivity (Wildman–Crippen MR) is 81.7 cm³/mol. The zero-order valence-electron chi connectivity index (χ0n) is 11.9. The van der Waals surface area contributed by atoms with Gasteiger partial charge < -0.3 is 10.1 Å². The van der Waals surface area contributed by atoms with Gasteiger partial charge in [-0.15, -0.1) is 0 Å². The number of rotatable bonds is 4. The zero-order chi connectivity index (χ0) is 13.8. The van der Waals surface area contributed by atoms with Crippen molar-refractivity contribution in [2.45, 2.75) is 26.0 Å². The third-order valence-electron chi connectivity index (χ3n) is 4.00. The number of nitrogens with one attached hydrogen (secondary N) is 1. The molecule has 0 spiro atoms. The van der Waals surface area contributed by atoms with Crippen LogP contribution in [0.5, 0.6) is 0 Å². The van der Waals surface area contributed by atoms with E-state index in [1.165, 1.54) is 22.3 Å². The first-order valence-corrected chi connectivity index (χ1v) is 7.29. The Morgan fingerprint density at radius 2 is 1.90 bits per heavy atom. The average Bonchev–Trinajstić information content (AvgIpc) is 2.49. The van der Waals surface area contributed by atoms with Gasteiger partial charge in [0.2, 0.25) is 0 Å². The maximum absolute atomic E-state index is 5.91. The third kappa shape index (κ3) is 2.92. The molecule has 0 aromatic heterocycles. The van der Waals surface area contributed by atoms with Crippen molar-refractivity contribution < 1.29 is 4.74 Å². The summed E-state index contributed by atoms with van der Waals surface area (Å²) in [6.07, 6.45) is 1.22. The summed E-state index contributed by atoms with van der Waals surface area (Å²) in [6.45, 7) is 4.75. The summed E-state index contributed by atoms with van der Waals surface area (Å²) in [5.74, 6) is 0. The fourth-order valence-corrected chi connectivity index (χ4v) is 2.79. The minimum Gasteiger partial charge on any atom is -0.372 e. The zero-order valence-corrected chi connectivity index (χ0v) is 11.9. The standard InChI is InChI=1S/C18H21NO/c1-14-6-2-3-8-16(14)12-19-13-18-17-9-5-4-7-15(17)10-11-20-18/h2-9,18-19H,10-13H2,1H3. The van der Waals surface area contributed by atoms with E-state index in [2.05, 4.69) is 60.8 Å². The highest BCUT2D eigenvalue weighted by Crippen LogP contribution is 2.26. The number of fused-ring (bicyclic) bond motifs is 1. The minimum atomic E-state index is 0.184. The molecule has 1 aliphatic rings. The summed E-state index contributed by atoms with van der Waals surface area (Å²) in [7, 11) is 0. The van der Waals surface area contributed by atoms with Crippen LogP contribution in [0.4, 0.5) is 0 Å². The monoisotopic (exact) mass is 267 g/mol. The molecule has 0 amide bonds. The van der Waals surface area contributed by atoms with Crippen LogP contribution in [0.15, 0.2) is 48.5 Å². The van der Waals surface area contributed by atoms with Gasteiger partial charge in [0, 0.05) is 13.1 Å². The van der Waals surface area contributed by atoms with Crippen LogP contribution in [-0.2, 0) is 17.7 Å². The molecule has 2 aromatic rings. The van der Waals surface area contributed by atoms with E-state index in [-0.39, 0.29) is 6.10 Å². The van der Waals surface area contributed by atoms with Crippen LogP contribution >= 0.6 is 0 Å². The molecule has 20 heavy (non-hydrogen) atoms. The Morgan fingerprint density at radius 1 is 1.10 bits per heavy atom. The maximum Gasteiger partial charge on any atom is 0.0952 e. The molecule has 3 rings (SSSR count). The molecule has 2 nitrogen and oxygen atoms in total. The lowest BCUT2D eigenvalue weighted by Gasteiger charge is -2.26. The molecule has 1 N–H and O–H groups in total. The van der Waals surface area contributed by atoms with Gasteiger partial charge in [-0.05, 0) is 35.6 Å². The molecule has 1 atom stereocenters. The normalized spacial score (nSPS) is 17.8. The molecule has 104 valence electrons. The second-order valence-corrected chi connectivity index (χ2v) is 5.37. The van der Waals surface area contributed by atoms with Crippen molar-refractivity contribution in [1.82, 2.24) is 5.32 Å². The molecule has 0 saturated heterocycles. The smallest absolute Gasteiger partial charge is 0.0952 e. The number of hydrogen-bond acceptors (Lipinski definition) is 2. The molecule has 1 aliphatic heterocycles. The van der Waals surface area contributed by atoms with E-state index in [0.29, 0.717) is 0 Å². The lowest BCUT2D eigenvalue weighted by Crippen LogP contribution is -2.27. The van der Waals surface area contributed by atoms with Gasteiger partial charge in [-0.2, -0.15) is 0 Å². The minimum absolute atomic E-state index is 0.184. The van der Waals surface area contributed by atoms with Gasteiger partial charge in [-0.25, -0.2) is 0 Å². The van der Waals surface area contributed by atoms with Gasteiger partial charge in [0.15, 0.2) is 0 Å². The van der Waals surface area contributed by atoms with Crippen molar-refractivity contribution in [3.63, 3.8) is 0 Å². The Morgan fingerprint density at radius 3 is 2.80 bits per heavy atom. The van der Waals surface area contributed by atoms with Gasteiger partial charge in [-0.1, -0.05) is 48.5 Å². The van der Waals surface area contributed by atoms with Gasteiger partial charge in [0.05, 0.1) is 12.7 Å². The molecule has 1 unspecified atom stereocenters. The van der Waals surface area contributed by atoms with Crippen molar-refractivity contribution in [3.05, 3.63) is 70.8 Å². The first kappa shape index (κ1) is 13.3. The van der Waals surface area contributed by atoms with Crippen molar-refractivity contribution in [3.8, 4) is 0 Å². The molecule has 0 bridgehead atoms. The Balaban J connectivity index is 1.61. The summed E-state index contributed by atoms with van der Waals surface area (Å²) in [4.78, 5) is 0. The molecule has 0 radical (unpaired) electrons.